The average Bonchev–Trinajstić information content (AvgIpc) is 2.74. The highest BCUT2D eigenvalue weighted by Crippen LogP contribution is 2.35. The van der Waals surface area contributed by atoms with Gasteiger partial charge in [-0.3, -0.25) is 24.6 Å². The Labute approximate surface area is 173 Å². The molecule has 156 valence electrons. The quantitative estimate of drug-likeness (QED) is 0.376. The van der Waals surface area contributed by atoms with Crippen LogP contribution in [0.1, 0.15) is 5.56 Å². The van der Waals surface area contributed by atoms with Crippen LogP contribution in [-0.2, 0) is 16.1 Å². The number of non-ortho nitro benzene ring substituents is 1. The third kappa shape index (κ3) is 4.75. The van der Waals surface area contributed by atoms with Gasteiger partial charge in [0.25, 0.3) is 11.6 Å². The molecule has 2 aromatic carbocycles. The lowest BCUT2D eigenvalue weighted by atomic mass is 10.2. The molecule has 3 rings (SSSR count). The summed E-state index contributed by atoms with van der Waals surface area (Å²) < 4.78 is 10.8. The molecule has 0 bridgehead atoms. The maximum Gasteiger partial charge on any atom is 0.271 e. The largest absolute Gasteiger partial charge is 0.490 e. The molecule has 30 heavy (non-hydrogen) atoms. The maximum atomic E-state index is 12.7. The van der Waals surface area contributed by atoms with Gasteiger partial charge in [-0.1, -0.05) is 24.8 Å². The third-order valence-corrected chi connectivity index (χ3v) is 4.53. The van der Waals surface area contributed by atoms with Crippen LogP contribution in [0.2, 0.25) is 0 Å². The highest BCUT2D eigenvalue weighted by atomic mass is 16.6. The van der Waals surface area contributed by atoms with Gasteiger partial charge in [0.15, 0.2) is 6.61 Å². The van der Waals surface area contributed by atoms with Crippen molar-refractivity contribution in [1.29, 1.82) is 0 Å². The zero-order valence-corrected chi connectivity index (χ0v) is 16.4. The molecule has 0 fully saturated rings. The molecular weight excluding hydrogens is 390 g/mol. The molecule has 1 aliphatic rings. The number of rotatable bonds is 8. The summed E-state index contributed by atoms with van der Waals surface area (Å²) in [5, 5.41) is 11.1. The molecule has 0 atom stereocenters. The van der Waals surface area contributed by atoms with E-state index in [-0.39, 0.29) is 30.4 Å². The lowest BCUT2D eigenvalue weighted by Gasteiger charge is -2.30. The Bertz CT molecular complexity index is 973. The van der Waals surface area contributed by atoms with Gasteiger partial charge >= 0.3 is 0 Å². The molecule has 1 aliphatic heterocycles. The number of nitro groups is 1. The van der Waals surface area contributed by atoms with Crippen LogP contribution in [0, 0.1) is 10.1 Å². The lowest BCUT2D eigenvalue weighted by molar-refractivity contribution is -0.384. The first kappa shape index (κ1) is 20.8. The fraction of sp³-hybridized carbons (Fsp3) is 0.238. The second-order valence-corrected chi connectivity index (χ2v) is 6.67. The van der Waals surface area contributed by atoms with Gasteiger partial charge in [-0.15, -0.1) is 0 Å². The van der Waals surface area contributed by atoms with E-state index in [1.165, 1.54) is 28.0 Å². The van der Waals surface area contributed by atoms with Crippen molar-refractivity contribution in [1.82, 2.24) is 4.90 Å². The van der Waals surface area contributed by atoms with Crippen LogP contribution >= 0.6 is 0 Å². The van der Waals surface area contributed by atoms with E-state index >= 15 is 0 Å². The number of carbonyl (C=O) groups excluding carboxylic acids is 2. The number of fused-ring (bicyclic) bond motifs is 1. The molecular formula is C21H21N3O6. The van der Waals surface area contributed by atoms with Crippen molar-refractivity contribution >= 4 is 23.2 Å². The van der Waals surface area contributed by atoms with Crippen molar-refractivity contribution in [3.8, 4) is 11.5 Å². The van der Waals surface area contributed by atoms with E-state index in [2.05, 4.69) is 6.58 Å². The molecule has 1 heterocycles. The molecule has 9 heteroatoms. The van der Waals surface area contributed by atoms with Crippen molar-refractivity contribution in [2.45, 2.75) is 6.54 Å². The second-order valence-electron chi connectivity index (χ2n) is 6.67. The van der Waals surface area contributed by atoms with Gasteiger partial charge < -0.3 is 14.4 Å². The first-order valence-corrected chi connectivity index (χ1v) is 9.17. The maximum absolute atomic E-state index is 12.7. The molecule has 0 unspecified atom stereocenters. The van der Waals surface area contributed by atoms with E-state index < -0.39 is 10.8 Å². The zero-order chi connectivity index (χ0) is 21.7. The summed E-state index contributed by atoms with van der Waals surface area (Å²) in [6.45, 7) is 3.87. The summed E-state index contributed by atoms with van der Waals surface area (Å²) in [4.78, 5) is 38.2. The number of nitrogens with zero attached hydrogens (tertiary/aromatic N) is 3. The summed E-state index contributed by atoms with van der Waals surface area (Å²) >= 11 is 0. The van der Waals surface area contributed by atoms with Crippen LogP contribution < -0.4 is 14.4 Å². The van der Waals surface area contributed by atoms with Gasteiger partial charge in [0.2, 0.25) is 5.91 Å². The molecule has 0 radical (unpaired) electrons. The normalized spacial score (nSPS) is 12.6. The number of ether oxygens (including phenoxy) is 2. The topological polar surface area (TPSA) is 102 Å². The molecule has 0 N–H and O–H groups in total. The van der Waals surface area contributed by atoms with Gasteiger partial charge in [-0.05, 0) is 23.8 Å². The molecule has 2 aromatic rings. The number of anilines is 1. The third-order valence-electron chi connectivity index (χ3n) is 4.53. The number of hydrogen-bond acceptors (Lipinski definition) is 6. The average molecular weight is 411 g/mol. The minimum atomic E-state index is -0.562. The number of likely N-dealkylation sites (N-methyl/N-ethyl adjacent to an activating group) is 1. The van der Waals surface area contributed by atoms with Crippen LogP contribution in [0.5, 0.6) is 11.5 Å². The van der Waals surface area contributed by atoms with Crippen molar-refractivity contribution in [3.05, 3.63) is 70.8 Å². The fourth-order valence-corrected chi connectivity index (χ4v) is 2.94. The minimum absolute atomic E-state index is 0.184. The fourth-order valence-electron chi connectivity index (χ4n) is 2.94. The number of carbonyl (C=O) groups is 2. The van der Waals surface area contributed by atoms with Crippen LogP contribution in [-0.4, -0.2) is 48.4 Å². The first-order chi connectivity index (χ1) is 14.4. The highest BCUT2D eigenvalue weighted by molar-refractivity contribution is 6.02. The van der Waals surface area contributed by atoms with Crippen molar-refractivity contribution in [2.75, 3.05) is 31.7 Å². The molecule has 0 aliphatic carbocycles. The number of amides is 2. The second kappa shape index (κ2) is 9.08. The molecule has 0 aromatic heterocycles. The predicted molar refractivity (Wildman–Crippen MR) is 110 cm³/mol. The van der Waals surface area contributed by atoms with E-state index in [0.29, 0.717) is 24.7 Å². The minimum Gasteiger partial charge on any atom is -0.490 e. The standard InChI is InChI=1S/C21H21N3O6/c1-3-10-29-17-7-4-15(5-8-17)12-22(2)20(25)13-23-18-11-16(24(27)28)6-9-19(18)30-14-21(23)26/h3-9,11H,1,10,12-14H2,2H3. The Hall–Kier alpha value is -3.88. The van der Waals surface area contributed by atoms with E-state index in [1.54, 1.807) is 25.3 Å². The van der Waals surface area contributed by atoms with Gasteiger partial charge in [0.1, 0.15) is 24.7 Å². The van der Waals surface area contributed by atoms with E-state index in [4.69, 9.17) is 9.47 Å². The van der Waals surface area contributed by atoms with Crippen LogP contribution in [0.4, 0.5) is 11.4 Å². The van der Waals surface area contributed by atoms with Crippen LogP contribution in [0.25, 0.3) is 0 Å². The smallest absolute Gasteiger partial charge is 0.271 e. The monoisotopic (exact) mass is 411 g/mol. The van der Waals surface area contributed by atoms with Crippen molar-refractivity contribution in [2.24, 2.45) is 0 Å². The molecule has 2 amide bonds. The van der Waals surface area contributed by atoms with Gasteiger partial charge in [0.05, 0.1) is 10.6 Å². The Balaban J connectivity index is 1.69. The Morgan fingerprint density at radius 2 is 2.07 bits per heavy atom. The van der Waals surface area contributed by atoms with E-state index in [1.807, 2.05) is 12.1 Å². The number of benzene rings is 2. The molecule has 0 saturated heterocycles. The molecule has 0 saturated carbocycles. The van der Waals surface area contributed by atoms with Crippen molar-refractivity contribution < 1.29 is 24.0 Å². The summed E-state index contributed by atoms with van der Waals surface area (Å²) in [6, 6.07) is 11.3. The Morgan fingerprint density at radius 3 is 2.73 bits per heavy atom. The Kier molecular flexibility index (Phi) is 6.31. The SMILES string of the molecule is C=CCOc1ccc(CN(C)C(=O)CN2C(=O)COc3ccc([N+](=O)[O-])cc32)cc1. The number of hydrogen-bond donors (Lipinski definition) is 0. The summed E-state index contributed by atoms with van der Waals surface area (Å²) in [7, 11) is 1.63. The summed E-state index contributed by atoms with van der Waals surface area (Å²) in [6.07, 6.45) is 1.65. The number of nitro benzene ring substituents is 1. The Morgan fingerprint density at radius 1 is 1.33 bits per heavy atom. The highest BCUT2D eigenvalue weighted by Gasteiger charge is 2.30. The van der Waals surface area contributed by atoms with Gasteiger partial charge in [-0.25, -0.2) is 0 Å². The van der Waals surface area contributed by atoms with Gasteiger partial charge in [-0.2, -0.15) is 0 Å². The van der Waals surface area contributed by atoms with Gasteiger partial charge in [0, 0.05) is 25.7 Å². The van der Waals surface area contributed by atoms with E-state index in [0.717, 1.165) is 5.56 Å². The summed E-state index contributed by atoms with van der Waals surface area (Å²) in [5.41, 5.74) is 0.920. The molecule has 0 spiro atoms. The first-order valence-electron chi connectivity index (χ1n) is 9.17. The zero-order valence-electron chi connectivity index (χ0n) is 16.4. The molecule has 9 nitrogen and oxygen atoms in total. The van der Waals surface area contributed by atoms with Crippen LogP contribution in [0.3, 0.4) is 0 Å². The lowest BCUT2D eigenvalue weighted by Crippen LogP contribution is -2.45. The van der Waals surface area contributed by atoms with Crippen LogP contribution in [0.15, 0.2) is 55.1 Å². The van der Waals surface area contributed by atoms with E-state index in [9.17, 15) is 19.7 Å². The van der Waals surface area contributed by atoms with Crippen molar-refractivity contribution in [3.63, 3.8) is 0 Å². The predicted octanol–water partition coefficient (Wildman–Crippen LogP) is 2.54. The summed E-state index contributed by atoms with van der Waals surface area (Å²) in [5.74, 6) is 0.277.